The molecule has 0 unspecified atom stereocenters. The summed E-state index contributed by atoms with van der Waals surface area (Å²) in [6, 6.07) is 17.2. The molecular formula is C26H22ClFN4O4. The van der Waals surface area contributed by atoms with E-state index in [9.17, 15) is 19.3 Å². The van der Waals surface area contributed by atoms with Gasteiger partial charge in [0.1, 0.15) is 18.2 Å². The molecule has 36 heavy (non-hydrogen) atoms. The molecule has 1 heterocycles. The van der Waals surface area contributed by atoms with Crippen LogP contribution < -0.4 is 10.1 Å². The molecule has 0 aliphatic rings. The highest BCUT2D eigenvalue weighted by Gasteiger charge is 2.18. The average Bonchev–Trinajstić information content (AvgIpc) is 3.12. The van der Waals surface area contributed by atoms with E-state index in [0.29, 0.717) is 39.0 Å². The van der Waals surface area contributed by atoms with E-state index < -0.39 is 10.7 Å². The van der Waals surface area contributed by atoms with Gasteiger partial charge in [-0.2, -0.15) is 5.10 Å². The van der Waals surface area contributed by atoms with Crippen LogP contribution in [0.5, 0.6) is 5.75 Å². The van der Waals surface area contributed by atoms with Crippen LogP contribution in [-0.2, 0) is 13.2 Å². The number of amides is 1. The Morgan fingerprint density at radius 2 is 1.86 bits per heavy atom. The van der Waals surface area contributed by atoms with Crippen LogP contribution in [0.15, 0.2) is 66.7 Å². The van der Waals surface area contributed by atoms with Crippen LogP contribution in [0.2, 0.25) is 5.02 Å². The molecule has 0 aliphatic carbocycles. The van der Waals surface area contributed by atoms with Gasteiger partial charge in [0.15, 0.2) is 0 Å². The Morgan fingerprint density at radius 1 is 1.14 bits per heavy atom. The molecule has 1 aromatic heterocycles. The number of carbonyl (C=O) groups excluding carboxylic acids is 1. The number of nitro groups is 1. The minimum Gasteiger partial charge on any atom is -0.489 e. The Balaban J connectivity index is 1.45. The lowest BCUT2D eigenvalue weighted by Gasteiger charge is -2.10. The fourth-order valence-electron chi connectivity index (χ4n) is 3.68. The topological polar surface area (TPSA) is 99.3 Å². The summed E-state index contributed by atoms with van der Waals surface area (Å²) in [5, 5.41) is 18.4. The minimum absolute atomic E-state index is 0.0214. The third-order valence-corrected chi connectivity index (χ3v) is 5.99. The van der Waals surface area contributed by atoms with Gasteiger partial charge in [0, 0.05) is 28.3 Å². The summed E-state index contributed by atoms with van der Waals surface area (Å²) in [7, 11) is 0. The van der Waals surface area contributed by atoms with E-state index in [1.54, 1.807) is 48.9 Å². The molecule has 184 valence electrons. The third kappa shape index (κ3) is 5.52. The predicted molar refractivity (Wildman–Crippen MR) is 134 cm³/mol. The Labute approximate surface area is 211 Å². The molecule has 3 aromatic carbocycles. The van der Waals surface area contributed by atoms with Crippen LogP contribution in [0.3, 0.4) is 0 Å². The molecule has 0 saturated carbocycles. The average molecular weight is 509 g/mol. The number of carbonyl (C=O) groups is 1. The van der Waals surface area contributed by atoms with Crippen LogP contribution in [-0.4, -0.2) is 20.6 Å². The van der Waals surface area contributed by atoms with Gasteiger partial charge in [0.05, 0.1) is 28.5 Å². The van der Waals surface area contributed by atoms with Crippen molar-refractivity contribution in [3.05, 3.63) is 116 Å². The van der Waals surface area contributed by atoms with Gasteiger partial charge in [-0.25, -0.2) is 4.39 Å². The van der Waals surface area contributed by atoms with Crippen molar-refractivity contribution >= 4 is 28.9 Å². The summed E-state index contributed by atoms with van der Waals surface area (Å²) in [5.41, 5.74) is 3.27. The van der Waals surface area contributed by atoms with E-state index in [1.165, 1.54) is 30.3 Å². The van der Waals surface area contributed by atoms with Gasteiger partial charge in [-0.05, 0) is 55.8 Å². The maximum Gasteiger partial charge on any atom is 0.269 e. The molecule has 0 aliphatic heterocycles. The molecule has 0 atom stereocenters. The zero-order chi connectivity index (χ0) is 25.8. The number of nitro benzene ring substituents is 1. The zero-order valence-electron chi connectivity index (χ0n) is 19.5. The Hall–Kier alpha value is -4.24. The van der Waals surface area contributed by atoms with Gasteiger partial charge in [0.25, 0.3) is 11.6 Å². The molecule has 1 N–H and O–H groups in total. The molecule has 4 aromatic rings. The lowest BCUT2D eigenvalue weighted by Crippen LogP contribution is -2.14. The quantitative estimate of drug-likeness (QED) is 0.230. The van der Waals surface area contributed by atoms with Crippen molar-refractivity contribution < 1.29 is 18.8 Å². The van der Waals surface area contributed by atoms with Crippen LogP contribution in [0.25, 0.3) is 0 Å². The molecular weight excluding hydrogens is 487 g/mol. The SMILES string of the molecule is Cc1nn(Cc2c(F)cccc2Cl)c(C)c1NC(=O)c1cccc(COc2ccc([N+](=O)[O-])cc2)c1. The van der Waals surface area contributed by atoms with Crippen LogP contribution in [0.1, 0.15) is 32.9 Å². The molecule has 0 spiro atoms. The number of aryl methyl sites for hydroxylation is 1. The van der Waals surface area contributed by atoms with Crippen molar-refractivity contribution in [1.82, 2.24) is 9.78 Å². The number of hydrogen-bond donors (Lipinski definition) is 1. The number of ether oxygens (including phenoxy) is 1. The number of anilines is 1. The van der Waals surface area contributed by atoms with E-state index in [1.807, 2.05) is 6.07 Å². The Kier molecular flexibility index (Phi) is 7.30. The first-order valence-corrected chi connectivity index (χ1v) is 11.3. The smallest absolute Gasteiger partial charge is 0.269 e. The molecule has 0 fully saturated rings. The largest absolute Gasteiger partial charge is 0.489 e. The second-order valence-corrected chi connectivity index (χ2v) is 8.51. The van der Waals surface area contributed by atoms with Gasteiger partial charge >= 0.3 is 0 Å². The van der Waals surface area contributed by atoms with E-state index in [4.69, 9.17) is 16.3 Å². The summed E-state index contributed by atoms with van der Waals surface area (Å²) in [5.74, 6) is -0.278. The molecule has 4 rings (SSSR count). The molecule has 10 heteroatoms. The number of aromatic nitrogens is 2. The van der Waals surface area contributed by atoms with Crippen molar-refractivity contribution in [3.63, 3.8) is 0 Å². The van der Waals surface area contributed by atoms with Crippen LogP contribution in [0, 0.1) is 29.8 Å². The second-order valence-electron chi connectivity index (χ2n) is 8.10. The van der Waals surface area contributed by atoms with Crippen LogP contribution in [0.4, 0.5) is 15.8 Å². The van der Waals surface area contributed by atoms with Crippen molar-refractivity contribution in [3.8, 4) is 5.75 Å². The first kappa shape index (κ1) is 24.9. The van der Waals surface area contributed by atoms with Crippen molar-refractivity contribution in [2.75, 3.05) is 5.32 Å². The fourth-order valence-corrected chi connectivity index (χ4v) is 3.91. The summed E-state index contributed by atoms with van der Waals surface area (Å²) >= 11 is 6.15. The fraction of sp³-hybridized carbons (Fsp3) is 0.154. The monoisotopic (exact) mass is 508 g/mol. The van der Waals surface area contributed by atoms with Crippen molar-refractivity contribution in [2.24, 2.45) is 0 Å². The highest BCUT2D eigenvalue weighted by atomic mass is 35.5. The number of nitrogens with one attached hydrogen (secondary N) is 1. The summed E-state index contributed by atoms with van der Waals surface area (Å²) in [6.45, 7) is 3.86. The maximum atomic E-state index is 14.2. The van der Waals surface area contributed by atoms with Gasteiger partial charge in [-0.15, -0.1) is 0 Å². The molecule has 0 saturated heterocycles. The first-order chi connectivity index (χ1) is 17.2. The van der Waals surface area contributed by atoms with Gasteiger partial charge in [-0.1, -0.05) is 29.8 Å². The number of non-ortho nitro benzene ring substituents is 1. The number of hydrogen-bond acceptors (Lipinski definition) is 5. The highest BCUT2D eigenvalue weighted by molar-refractivity contribution is 6.31. The van der Waals surface area contributed by atoms with E-state index in [0.717, 1.165) is 5.56 Å². The molecule has 1 amide bonds. The predicted octanol–water partition coefficient (Wildman–Crippen LogP) is 6.08. The number of rotatable bonds is 8. The summed E-state index contributed by atoms with van der Waals surface area (Å²) in [6.07, 6.45) is 0. The molecule has 0 bridgehead atoms. The lowest BCUT2D eigenvalue weighted by atomic mass is 10.1. The van der Waals surface area contributed by atoms with Gasteiger partial charge in [0.2, 0.25) is 0 Å². The van der Waals surface area contributed by atoms with Gasteiger partial charge < -0.3 is 10.1 Å². The van der Waals surface area contributed by atoms with E-state index in [2.05, 4.69) is 10.4 Å². The lowest BCUT2D eigenvalue weighted by molar-refractivity contribution is -0.384. The number of nitrogens with zero attached hydrogens (tertiary/aromatic N) is 3. The summed E-state index contributed by atoms with van der Waals surface area (Å²) < 4.78 is 21.5. The van der Waals surface area contributed by atoms with Crippen molar-refractivity contribution in [1.29, 1.82) is 0 Å². The molecule has 0 radical (unpaired) electrons. The molecule has 8 nitrogen and oxygen atoms in total. The zero-order valence-corrected chi connectivity index (χ0v) is 20.3. The standard InChI is InChI=1S/C26H22ClFN4O4/c1-16-25(17(2)31(30-16)14-22-23(27)7-4-8-24(22)28)29-26(33)19-6-3-5-18(13-19)15-36-21-11-9-20(10-12-21)32(34)35/h3-13H,14-15H2,1-2H3,(H,29,33). The normalized spacial score (nSPS) is 10.8. The van der Waals surface area contributed by atoms with E-state index >= 15 is 0 Å². The van der Waals surface area contributed by atoms with Crippen molar-refractivity contribution in [2.45, 2.75) is 27.0 Å². The second kappa shape index (κ2) is 10.6. The maximum absolute atomic E-state index is 14.2. The summed E-state index contributed by atoms with van der Waals surface area (Å²) in [4.78, 5) is 23.3. The third-order valence-electron chi connectivity index (χ3n) is 5.63. The minimum atomic E-state index is -0.478. The van der Waals surface area contributed by atoms with Crippen LogP contribution >= 0.6 is 11.6 Å². The number of halogens is 2. The highest BCUT2D eigenvalue weighted by Crippen LogP contribution is 2.25. The Bertz CT molecular complexity index is 1420. The first-order valence-electron chi connectivity index (χ1n) is 11.0. The van der Waals surface area contributed by atoms with Gasteiger partial charge in [-0.3, -0.25) is 19.6 Å². The number of benzene rings is 3. The Morgan fingerprint density at radius 3 is 2.56 bits per heavy atom. The van der Waals surface area contributed by atoms with E-state index in [-0.39, 0.29) is 24.7 Å².